The van der Waals surface area contributed by atoms with E-state index >= 15 is 0 Å². The third-order valence-corrected chi connectivity index (χ3v) is 5.79. The van der Waals surface area contributed by atoms with Crippen LogP contribution in [0.5, 0.6) is 17.2 Å². The number of Topliss-reactive ketones (excluding diaryl/α,β-unsaturated/α-hetero) is 1. The zero-order chi connectivity index (χ0) is 20.7. The standard InChI is InChI=1S/C24H20FNO4/c1-28-20-8-6-16(25)12-18(20)19-4-2-3-17(26-19)13-23(27)24(9-10-24)15-5-7-21-22(11-15)30-14-29-21/h2-8,11-12H,9-10,13-14H2,1H3. The molecule has 1 saturated carbocycles. The summed E-state index contributed by atoms with van der Waals surface area (Å²) >= 11 is 0. The summed E-state index contributed by atoms with van der Waals surface area (Å²) in [5.41, 5.74) is 2.25. The molecular weight excluding hydrogens is 385 g/mol. The number of methoxy groups -OCH3 is 1. The van der Waals surface area contributed by atoms with Gasteiger partial charge in [-0.15, -0.1) is 0 Å². The number of ketones is 1. The highest BCUT2D eigenvalue weighted by atomic mass is 19.1. The average molecular weight is 405 g/mol. The molecule has 2 aliphatic rings. The first-order valence-corrected chi connectivity index (χ1v) is 9.82. The molecule has 0 spiro atoms. The average Bonchev–Trinajstić information content (AvgIpc) is 3.45. The Labute approximate surface area is 173 Å². The number of pyridine rings is 1. The van der Waals surface area contributed by atoms with E-state index in [4.69, 9.17) is 14.2 Å². The van der Waals surface area contributed by atoms with Crippen molar-refractivity contribution in [3.05, 3.63) is 71.7 Å². The maximum atomic E-state index is 13.8. The molecule has 0 amide bonds. The van der Waals surface area contributed by atoms with Crippen molar-refractivity contribution >= 4 is 5.78 Å². The Bertz CT molecular complexity index is 1140. The first-order chi connectivity index (χ1) is 14.6. The highest BCUT2D eigenvalue weighted by Gasteiger charge is 2.51. The predicted molar refractivity (Wildman–Crippen MR) is 108 cm³/mol. The number of halogens is 1. The molecule has 0 bridgehead atoms. The highest BCUT2D eigenvalue weighted by Crippen LogP contribution is 2.51. The van der Waals surface area contributed by atoms with Gasteiger partial charge < -0.3 is 14.2 Å². The van der Waals surface area contributed by atoms with Crippen LogP contribution < -0.4 is 14.2 Å². The lowest BCUT2D eigenvalue weighted by Crippen LogP contribution is -2.23. The second kappa shape index (κ2) is 7.13. The van der Waals surface area contributed by atoms with Crippen LogP contribution >= 0.6 is 0 Å². The summed E-state index contributed by atoms with van der Waals surface area (Å²) < 4.78 is 29.9. The van der Waals surface area contributed by atoms with Crippen molar-refractivity contribution in [1.29, 1.82) is 0 Å². The highest BCUT2D eigenvalue weighted by molar-refractivity contribution is 5.94. The molecule has 2 heterocycles. The van der Waals surface area contributed by atoms with Gasteiger partial charge in [-0.3, -0.25) is 9.78 Å². The van der Waals surface area contributed by atoms with Crippen LogP contribution in [0.3, 0.4) is 0 Å². The summed E-state index contributed by atoms with van der Waals surface area (Å²) in [6.45, 7) is 0.208. The Kier molecular flexibility index (Phi) is 4.42. The fourth-order valence-corrected chi connectivity index (χ4v) is 3.99. The molecule has 1 aliphatic carbocycles. The summed E-state index contributed by atoms with van der Waals surface area (Å²) in [6.07, 6.45) is 1.83. The van der Waals surface area contributed by atoms with E-state index in [0.717, 1.165) is 18.4 Å². The molecule has 0 atom stereocenters. The van der Waals surface area contributed by atoms with E-state index in [1.54, 1.807) is 12.1 Å². The van der Waals surface area contributed by atoms with Crippen LogP contribution in [0.25, 0.3) is 11.3 Å². The van der Waals surface area contributed by atoms with Gasteiger partial charge in [0.2, 0.25) is 6.79 Å². The molecule has 0 saturated heterocycles. The Morgan fingerprint density at radius 3 is 2.73 bits per heavy atom. The van der Waals surface area contributed by atoms with Crippen LogP contribution in [0.1, 0.15) is 24.1 Å². The van der Waals surface area contributed by atoms with Crippen molar-refractivity contribution < 1.29 is 23.4 Å². The minimum absolute atomic E-state index is 0.122. The summed E-state index contributed by atoms with van der Waals surface area (Å²) in [5.74, 6) is 1.68. The van der Waals surface area contributed by atoms with E-state index in [-0.39, 0.29) is 24.8 Å². The number of hydrogen-bond donors (Lipinski definition) is 0. The van der Waals surface area contributed by atoms with E-state index in [2.05, 4.69) is 4.98 Å². The largest absolute Gasteiger partial charge is 0.496 e. The Hall–Kier alpha value is -3.41. The van der Waals surface area contributed by atoms with Gasteiger partial charge in [-0.2, -0.15) is 0 Å². The zero-order valence-corrected chi connectivity index (χ0v) is 16.5. The molecule has 1 fully saturated rings. The lowest BCUT2D eigenvalue weighted by Gasteiger charge is -2.15. The van der Waals surface area contributed by atoms with Crippen LogP contribution in [0, 0.1) is 5.82 Å². The lowest BCUT2D eigenvalue weighted by molar-refractivity contribution is -0.120. The number of nitrogens with zero attached hydrogens (tertiary/aromatic N) is 1. The maximum absolute atomic E-state index is 13.8. The number of rotatable bonds is 6. The first-order valence-electron chi connectivity index (χ1n) is 9.82. The van der Waals surface area contributed by atoms with E-state index in [1.807, 2.05) is 30.3 Å². The van der Waals surface area contributed by atoms with Crippen LogP contribution in [0.4, 0.5) is 4.39 Å². The van der Waals surface area contributed by atoms with E-state index in [1.165, 1.54) is 19.2 Å². The fourth-order valence-electron chi connectivity index (χ4n) is 3.99. The molecule has 0 radical (unpaired) electrons. The van der Waals surface area contributed by atoms with Gasteiger partial charge in [0.15, 0.2) is 11.5 Å². The molecule has 152 valence electrons. The molecule has 5 rings (SSSR count). The lowest BCUT2D eigenvalue weighted by atomic mass is 9.88. The molecular formula is C24H20FNO4. The Morgan fingerprint density at radius 2 is 1.93 bits per heavy atom. The van der Waals surface area contributed by atoms with Gasteiger partial charge in [-0.1, -0.05) is 12.1 Å². The SMILES string of the molecule is COc1ccc(F)cc1-c1cccc(CC(=O)C2(c3ccc4c(c3)OCO4)CC2)n1. The second-order valence-corrected chi connectivity index (χ2v) is 7.61. The molecule has 0 unspecified atom stereocenters. The van der Waals surface area contributed by atoms with E-state index in [0.29, 0.717) is 34.2 Å². The number of carbonyl (C=O) groups is 1. The van der Waals surface area contributed by atoms with Crippen molar-refractivity contribution in [3.8, 4) is 28.5 Å². The number of hydrogen-bond acceptors (Lipinski definition) is 5. The number of fused-ring (bicyclic) bond motifs is 1. The molecule has 30 heavy (non-hydrogen) atoms. The normalized spacial score (nSPS) is 15.7. The smallest absolute Gasteiger partial charge is 0.231 e. The number of carbonyl (C=O) groups excluding carboxylic acids is 1. The number of ether oxygens (including phenoxy) is 3. The van der Waals surface area contributed by atoms with Crippen molar-refractivity contribution in [2.45, 2.75) is 24.7 Å². The van der Waals surface area contributed by atoms with E-state index < -0.39 is 5.41 Å². The molecule has 1 aromatic heterocycles. The summed E-state index contributed by atoms with van der Waals surface area (Å²) in [6, 6.07) is 15.5. The summed E-state index contributed by atoms with van der Waals surface area (Å²) in [5, 5.41) is 0. The van der Waals surface area contributed by atoms with Crippen LogP contribution in [-0.4, -0.2) is 24.7 Å². The third-order valence-electron chi connectivity index (χ3n) is 5.79. The quantitative estimate of drug-likeness (QED) is 0.606. The molecule has 0 N–H and O–H groups in total. The van der Waals surface area contributed by atoms with E-state index in [9.17, 15) is 9.18 Å². The number of aromatic nitrogens is 1. The zero-order valence-electron chi connectivity index (χ0n) is 16.5. The van der Waals surface area contributed by atoms with Crippen LogP contribution in [0.2, 0.25) is 0 Å². The van der Waals surface area contributed by atoms with Gasteiger partial charge >= 0.3 is 0 Å². The third kappa shape index (κ3) is 3.18. The van der Waals surface area contributed by atoms with Crippen molar-refractivity contribution in [1.82, 2.24) is 4.98 Å². The maximum Gasteiger partial charge on any atom is 0.231 e. The minimum atomic E-state index is -0.491. The Morgan fingerprint density at radius 1 is 1.10 bits per heavy atom. The fraction of sp³-hybridized carbons (Fsp3) is 0.250. The molecule has 2 aromatic carbocycles. The van der Waals surface area contributed by atoms with Crippen LogP contribution in [0.15, 0.2) is 54.6 Å². The van der Waals surface area contributed by atoms with Gasteiger partial charge in [-0.05, 0) is 60.9 Å². The second-order valence-electron chi connectivity index (χ2n) is 7.61. The monoisotopic (exact) mass is 405 g/mol. The first kappa shape index (κ1) is 18.6. The molecule has 3 aromatic rings. The van der Waals surface area contributed by atoms with Gasteiger partial charge in [0.25, 0.3) is 0 Å². The van der Waals surface area contributed by atoms with Crippen molar-refractivity contribution in [2.24, 2.45) is 0 Å². The van der Waals surface area contributed by atoms with Gasteiger partial charge in [-0.25, -0.2) is 4.39 Å². The van der Waals surface area contributed by atoms with Crippen LogP contribution in [-0.2, 0) is 16.6 Å². The summed E-state index contributed by atoms with van der Waals surface area (Å²) in [7, 11) is 1.53. The predicted octanol–water partition coefficient (Wildman–Crippen LogP) is 4.47. The summed E-state index contributed by atoms with van der Waals surface area (Å²) in [4.78, 5) is 17.8. The molecule has 1 aliphatic heterocycles. The topological polar surface area (TPSA) is 57.7 Å². The van der Waals surface area contributed by atoms with Crippen molar-refractivity contribution in [2.75, 3.05) is 13.9 Å². The van der Waals surface area contributed by atoms with Gasteiger partial charge in [0, 0.05) is 17.7 Å². The van der Waals surface area contributed by atoms with Crippen molar-refractivity contribution in [3.63, 3.8) is 0 Å². The molecule has 5 nitrogen and oxygen atoms in total. The number of benzene rings is 2. The molecule has 6 heteroatoms. The minimum Gasteiger partial charge on any atom is -0.496 e. The van der Waals surface area contributed by atoms with Gasteiger partial charge in [0.05, 0.1) is 18.2 Å². The van der Waals surface area contributed by atoms with Gasteiger partial charge in [0.1, 0.15) is 17.3 Å². The Balaban J connectivity index is 1.41.